The predicted octanol–water partition coefficient (Wildman–Crippen LogP) is 3.30. The van der Waals surface area contributed by atoms with Gasteiger partial charge in [-0.15, -0.1) is 0 Å². The molecule has 6 atom stereocenters. The Morgan fingerprint density at radius 1 is 1.41 bits per heavy atom. The maximum Gasteiger partial charge on any atom is 0.338 e. The lowest BCUT2D eigenvalue weighted by atomic mass is 9.59. The number of allylic oxidation sites excluding steroid dienone is 2. The number of fused-ring (bicyclic) bond motifs is 1. The van der Waals surface area contributed by atoms with Crippen LogP contribution < -0.4 is 10.2 Å². The number of hydrogen-bond donors (Lipinski definition) is 2. The molecule has 0 bridgehead atoms. The van der Waals surface area contributed by atoms with Gasteiger partial charge in [-0.2, -0.15) is 0 Å². The van der Waals surface area contributed by atoms with Gasteiger partial charge >= 0.3 is 5.97 Å². The van der Waals surface area contributed by atoms with Gasteiger partial charge in [0, 0.05) is 17.8 Å². The lowest BCUT2D eigenvalue weighted by molar-refractivity contribution is -0.160. The molecular formula is C23H31N3O3. The van der Waals surface area contributed by atoms with Gasteiger partial charge in [-0.25, -0.2) is 4.79 Å². The minimum Gasteiger partial charge on any atom is -0.460 e. The molecule has 1 aliphatic carbocycles. The number of esters is 1. The van der Waals surface area contributed by atoms with Crippen LogP contribution in [0.15, 0.2) is 36.3 Å². The highest BCUT2D eigenvalue weighted by molar-refractivity contribution is 5.82. The van der Waals surface area contributed by atoms with Crippen molar-refractivity contribution in [2.24, 2.45) is 23.7 Å². The van der Waals surface area contributed by atoms with Crippen molar-refractivity contribution in [3.63, 3.8) is 0 Å². The van der Waals surface area contributed by atoms with Gasteiger partial charge in [0.1, 0.15) is 6.10 Å². The van der Waals surface area contributed by atoms with E-state index in [0.29, 0.717) is 12.3 Å². The fraction of sp³-hybridized carbons (Fsp3) is 0.565. The first kappa shape index (κ1) is 20.0. The summed E-state index contributed by atoms with van der Waals surface area (Å²) in [6.07, 6.45) is 9.31. The zero-order valence-electron chi connectivity index (χ0n) is 17.6. The molecule has 2 aliphatic heterocycles. The van der Waals surface area contributed by atoms with Gasteiger partial charge in [0.15, 0.2) is 5.60 Å². The average molecular weight is 398 g/mol. The largest absolute Gasteiger partial charge is 0.460 e. The first-order chi connectivity index (χ1) is 13.8. The maximum atomic E-state index is 12.4. The summed E-state index contributed by atoms with van der Waals surface area (Å²) in [4.78, 5) is 19.1. The molecule has 2 fully saturated rings. The number of carbonyl (C=O) groups is 1. The van der Waals surface area contributed by atoms with Gasteiger partial charge < -0.3 is 20.1 Å². The fourth-order valence-electron chi connectivity index (χ4n) is 5.52. The van der Waals surface area contributed by atoms with Crippen LogP contribution in [0.2, 0.25) is 0 Å². The van der Waals surface area contributed by atoms with Crippen LogP contribution in [0.5, 0.6) is 0 Å². The number of hydrogen-bond acceptors (Lipinski definition) is 6. The van der Waals surface area contributed by atoms with E-state index in [2.05, 4.69) is 47.4 Å². The van der Waals surface area contributed by atoms with E-state index in [1.807, 2.05) is 32.2 Å². The van der Waals surface area contributed by atoms with Crippen LogP contribution in [-0.2, 0) is 9.53 Å². The second-order valence-electron chi connectivity index (χ2n) is 8.81. The van der Waals surface area contributed by atoms with Gasteiger partial charge in [-0.3, -0.25) is 4.98 Å². The van der Waals surface area contributed by atoms with E-state index in [-0.39, 0.29) is 23.9 Å². The molecule has 2 N–H and O–H groups in total. The Labute approximate surface area is 172 Å². The van der Waals surface area contributed by atoms with Crippen LogP contribution in [0.25, 0.3) is 6.08 Å². The number of aliphatic hydroxyl groups is 1. The molecule has 0 amide bonds. The summed E-state index contributed by atoms with van der Waals surface area (Å²) in [6.45, 7) is 9.01. The summed E-state index contributed by atoms with van der Waals surface area (Å²) in [5, 5.41) is 14.4. The van der Waals surface area contributed by atoms with E-state index in [9.17, 15) is 9.90 Å². The van der Waals surface area contributed by atoms with Gasteiger partial charge in [-0.05, 0) is 56.2 Å². The smallest absolute Gasteiger partial charge is 0.338 e. The third-order valence-electron chi connectivity index (χ3n) is 6.92. The van der Waals surface area contributed by atoms with Crippen LogP contribution in [-0.4, -0.2) is 34.4 Å². The first-order valence-corrected chi connectivity index (χ1v) is 10.6. The monoisotopic (exact) mass is 397 g/mol. The Kier molecular flexibility index (Phi) is 5.15. The number of carbonyl (C=O) groups excluding carboxylic acids is 1. The van der Waals surface area contributed by atoms with Crippen molar-refractivity contribution < 1.29 is 14.6 Å². The molecule has 6 nitrogen and oxygen atoms in total. The molecule has 0 aromatic carbocycles. The Bertz CT molecular complexity index is 834. The van der Waals surface area contributed by atoms with Crippen molar-refractivity contribution >= 4 is 17.7 Å². The topological polar surface area (TPSA) is 74.7 Å². The number of nitrogens with zero attached hydrogens (tertiary/aromatic N) is 2. The summed E-state index contributed by atoms with van der Waals surface area (Å²) < 4.78 is 5.46. The zero-order chi connectivity index (χ0) is 20.8. The van der Waals surface area contributed by atoms with Crippen LogP contribution in [0, 0.1) is 23.7 Å². The van der Waals surface area contributed by atoms with Crippen molar-refractivity contribution in [1.29, 1.82) is 0 Å². The van der Waals surface area contributed by atoms with E-state index in [0.717, 1.165) is 30.2 Å². The minimum absolute atomic E-state index is 0.0741. The normalized spacial score (nSPS) is 36.7. The second kappa shape index (κ2) is 7.48. The van der Waals surface area contributed by atoms with Gasteiger partial charge in [0.25, 0.3) is 0 Å². The molecule has 0 radical (unpaired) electrons. The highest BCUT2D eigenvalue weighted by atomic mass is 16.6. The molecule has 1 aromatic rings. The molecule has 1 saturated carbocycles. The third kappa shape index (κ3) is 3.44. The van der Waals surface area contributed by atoms with Crippen molar-refractivity contribution in [1.82, 2.24) is 10.3 Å². The number of anilines is 1. The molecule has 1 aromatic heterocycles. The number of ether oxygens (including phenoxy) is 1. The van der Waals surface area contributed by atoms with Crippen molar-refractivity contribution in [3.05, 3.63) is 42.0 Å². The highest BCUT2D eigenvalue weighted by Crippen LogP contribution is 2.52. The molecule has 156 valence electrons. The quantitative estimate of drug-likeness (QED) is 0.760. The molecule has 0 spiro atoms. The standard InChI is InChI=1S/C23H31N3O3/c1-5-19-14(2)10-23(28)21(16(4)29-22(23)27)20(19)9-7-17-6-8-18(11-24-17)26-12-15(3)25-13-26/h6-9,11-12,14,16,19-21,25,28H,5,10,13H2,1-4H3/b9-7+/t14-,16+,19?,20-,21-,23-/m0/s1. The minimum atomic E-state index is -1.37. The molecule has 1 saturated heterocycles. The van der Waals surface area contributed by atoms with E-state index >= 15 is 0 Å². The van der Waals surface area contributed by atoms with Crippen molar-refractivity contribution in [3.8, 4) is 0 Å². The molecule has 3 heterocycles. The predicted molar refractivity (Wildman–Crippen MR) is 113 cm³/mol. The van der Waals surface area contributed by atoms with Crippen LogP contribution in [0.1, 0.15) is 46.2 Å². The number of rotatable bonds is 4. The van der Waals surface area contributed by atoms with Crippen molar-refractivity contribution in [2.45, 2.75) is 52.2 Å². The van der Waals surface area contributed by atoms with E-state index < -0.39 is 11.6 Å². The molecule has 6 heteroatoms. The van der Waals surface area contributed by atoms with Crippen LogP contribution in [0.3, 0.4) is 0 Å². The Morgan fingerprint density at radius 2 is 2.21 bits per heavy atom. The zero-order valence-corrected chi connectivity index (χ0v) is 17.6. The summed E-state index contributed by atoms with van der Waals surface area (Å²) in [5.74, 6) is 0.0543. The lowest BCUT2D eigenvalue weighted by Crippen LogP contribution is -2.53. The van der Waals surface area contributed by atoms with Gasteiger partial charge in [-0.1, -0.05) is 26.3 Å². The van der Waals surface area contributed by atoms with E-state index in [4.69, 9.17) is 4.74 Å². The summed E-state index contributed by atoms with van der Waals surface area (Å²) in [5.41, 5.74) is 1.68. The van der Waals surface area contributed by atoms with Gasteiger partial charge in [0.2, 0.25) is 0 Å². The number of pyridine rings is 1. The molecule has 3 aliphatic rings. The SMILES string of the molecule is CCC1[C@@H](C)C[C@@]2(O)C(=O)O[C@H](C)[C@H]2[C@H]1/C=C/c1ccc(N2C=C(C)NC2)cn1. The molecule has 4 rings (SSSR count). The highest BCUT2D eigenvalue weighted by Gasteiger charge is 2.62. The number of nitrogens with one attached hydrogen (secondary N) is 1. The Morgan fingerprint density at radius 3 is 2.83 bits per heavy atom. The van der Waals surface area contributed by atoms with Crippen LogP contribution >= 0.6 is 0 Å². The van der Waals surface area contributed by atoms with E-state index in [1.54, 1.807) is 0 Å². The number of aromatic nitrogens is 1. The lowest BCUT2D eigenvalue weighted by Gasteiger charge is -2.45. The summed E-state index contributed by atoms with van der Waals surface area (Å²) in [6, 6.07) is 4.07. The average Bonchev–Trinajstić information content (AvgIpc) is 3.21. The van der Waals surface area contributed by atoms with Crippen molar-refractivity contribution in [2.75, 3.05) is 11.6 Å². The number of cyclic esters (lactones) is 1. The summed E-state index contributed by atoms with van der Waals surface area (Å²) >= 11 is 0. The van der Waals surface area contributed by atoms with Crippen LogP contribution in [0.4, 0.5) is 5.69 Å². The summed E-state index contributed by atoms with van der Waals surface area (Å²) in [7, 11) is 0. The second-order valence-corrected chi connectivity index (χ2v) is 8.81. The molecule has 1 unspecified atom stereocenters. The Balaban J connectivity index is 1.57. The maximum absolute atomic E-state index is 12.4. The molecular weight excluding hydrogens is 366 g/mol. The first-order valence-electron chi connectivity index (χ1n) is 10.6. The van der Waals surface area contributed by atoms with E-state index in [1.165, 1.54) is 0 Å². The van der Waals surface area contributed by atoms with Gasteiger partial charge in [0.05, 0.1) is 24.2 Å². The molecule has 29 heavy (non-hydrogen) atoms. The third-order valence-corrected chi connectivity index (χ3v) is 6.92. The Hall–Kier alpha value is -2.34. The fourth-order valence-corrected chi connectivity index (χ4v) is 5.52.